The van der Waals surface area contributed by atoms with Crippen molar-refractivity contribution in [1.82, 2.24) is 15.1 Å². The van der Waals surface area contributed by atoms with Gasteiger partial charge in [0.15, 0.2) is 0 Å². The summed E-state index contributed by atoms with van der Waals surface area (Å²) in [5.41, 5.74) is 0. The third-order valence-electron chi connectivity index (χ3n) is 4.46. The molecule has 3 rings (SSSR count). The fourth-order valence-electron chi connectivity index (χ4n) is 3.12. The fraction of sp³-hybridized carbons (Fsp3) is 0.588. The molecule has 1 aromatic carbocycles. The molecule has 2 fully saturated rings. The number of ether oxygens (including phenoxy) is 1. The maximum Gasteiger partial charge on any atom is 0.239 e. The van der Waals surface area contributed by atoms with E-state index in [1.807, 2.05) is 35.2 Å². The first-order chi connectivity index (χ1) is 10.8. The summed E-state index contributed by atoms with van der Waals surface area (Å²) in [5.74, 6) is 1.21. The van der Waals surface area contributed by atoms with Crippen LogP contribution in [0, 0.1) is 0 Å². The zero-order chi connectivity index (χ0) is 15.2. The van der Waals surface area contributed by atoms with Gasteiger partial charge < -0.3 is 15.0 Å². The molecule has 5 nitrogen and oxygen atoms in total. The van der Waals surface area contributed by atoms with Crippen LogP contribution in [0.15, 0.2) is 30.3 Å². The third-order valence-corrected chi connectivity index (χ3v) is 4.46. The van der Waals surface area contributed by atoms with Crippen LogP contribution in [0.3, 0.4) is 0 Å². The molecule has 0 radical (unpaired) electrons. The molecule has 0 aromatic heterocycles. The molecule has 2 aliphatic rings. The average molecular weight is 340 g/mol. The van der Waals surface area contributed by atoms with Crippen molar-refractivity contribution >= 4 is 18.3 Å². The van der Waals surface area contributed by atoms with Crippen LogP contribution < -0.4 is 10.1 Å². The molecular formula is C17H26ClN3O2. The van der Waals surface area contributed by atoms with Crippen LogP contribution in [0.1, 0.15) is 12.8 Å². The molecule has 0 bridgehead atoms. The predicted octanol–water partition coefficient (Wildman–Crippen LogP) is 1.38. The van der Waals surface area contributed by atoms with E-state index < -0.39 is 0 Å². The maximum absolute atomic E-state index is 12.3. The Morgan fingerprint density at radius 1 is 1.17 bits per heavy atom. The SMILES string of the molecule is Cl.O=C(C1CCCN1)N1CCN(CCOc2ccccc2)CC1. The van der Waals surface area contributed by atoms with Crippen molar-refractivity contribution in [2.24, 2.45) is 0 Å². The van der Waals surface area contributed by atoms with Crippen LogP contribution in [-0.4, -0.2) is 67.6 Å². The van der Waals surface area contributed by atoms with Crippen molar-refractivity contribution in [3.8, 4) is 5.75 Å². The molecule has 1 amide bonds. The normalized spacial score (nSPS) is 21.7. The van der Waals surface area contributed by atoms with Gasteiger partial charge in [0.1, 0.15) is 12.4 Å². The Balaban J connectivity index is 0.00000192. The number of hydrogen-bond donors (Lipinski definition) is 1. The van der Waals surface area contributed by atoms with Crippen LogP contribution in [0.2, 0.25) is 0 Å². The lowest BCUT2D eigenvalue weighted by Gasteiger charge is -2.35. The van der Waals surface area contributed by atoms with Crippen LogP contribution in [0.5, 0.6) is 5.75 Å². The zero-order valence-electron chi connectivity index (χ0n) is 13.4. The molecule has 1 aromatic rings. The fourth-order valence-corrected chi connectivity index (χ4v) is 3.12. The van der Waals surface area contributed by atoms with Crippen molar-refractivity contribution in [3.05, 3.63) is 30.3 Å². The van der Waals surface area contributed by atoms with Crippen LogP contribution >= 0.6 is 12.4 Å². The topological polar surface area (TPSA) is 44.8 Å². The number of halogens is 1. The van der Waals surface area contributed by atoms with Gasteiger partial charge in [0.25, 0.3) is 0 Å². The molecule has 1 unspecified atom stereocenters. The minimum absolute atomic E-state index is 0. The lowest BCUT2D eigenvalue weighted by atomic mass is 10.2. The summed E-state index contributed by atoms with van der Waals surface area (Å²) in [6.45, 7) is 6.14. The highest BCUT2D eigenvalue weighted by atomic mass is 35.5. The third kappa shape index (κ3) is 5.09. The molecule has 0 aliphatic carbocycles. The summed E-state index contributed by atoms with van der Waals surface area (Å²) in [6.07, 6.45) is 2.11. The molecule has 2 saturated heterocycles. The van der Waals surface area contributed by atoms with E-state index in [1.165, 1.54) is 0 Å². The largest absolute Gasteiger partial charge is 0.492 e. The highest BCUT2D eigenvalue weighted by molar-refractivity contribution is 5.85. The second kappa shape index (κ2) is 9.11. The number of para-hydroxylation sites is 1. The molecule has 6 heteroatoms. The Kier molecular flexibility index (Phi) is 7.15. The molecule has 23 heavy (non-hydrogen) atoms. The summed E-state index contributed by atoms with van der Waals surface area (Å²) in [5, 5.41) is 3.29. The van der Waals surface area contributed by atoms with Crippen molar-refractivity contribution in [1.29, 1.82) is 0 Å². The van der Waals surface area contributed by atoms with Gasteiger partial charge in [-0.05, 0) is 31.5 Å². The van der Waals surface area contributed by atoms with E-state index >= 15 is 0 Å². The molecule has 128 valence electrons. The van der Waals surface area contributed by atoms with Crippen molar-refractivity contribution in [2.45, 2.75) is 18.9 Å². The van der Waals surface area contributed by atoms with Gasteiger partial charge in [-0.25, -0.2) is 0 Å². The van der Waals surface area contributed by atoms with Gasteiger partial charge in [0.05, 0.1) is 6.04 Å². The number of carbonyl (C=O) groups is 1. The second-order valence-corrected chi connectivity index (χ2v) is 5.98. The number of nitrogens with zero attached hydrogens (tertiary/aromatic N) is 2. The van der Waals surface area contributed by atoms with E-state index in [2.05, 4.69) is 10.2 Å². The van der Waals surface area contributed by atoms with Crippen LogP contribution in [-0.2, 0) is 4.79 Å². The Hall–Kier alpha value is -1.30. The quantitative estimate of drug-likeness (QED) is 0.880. The van der Waals surface area contributed by atoms with E-state index in [9.17, 15) is 4.79 Å². The van der Waals surface area contributed by atoms with Crippen molar-refractivity contribution in [3.63, 3.8) is 0 Å². The van der Waals surface area contributed by atoms with Crippen LogP contribution in [0.4, 0.5) is 0 Å². The van der Waals surface area contributed by atoms with Gasteiger partial charge in [-0.3, -0.25) is 9.69 Å². The molecule has 1 N–H and O–H groups in total. The first-order valence-corrected chi connectivity index (χ1v) is 8.25. The number of piperazine rings is 1. The van der Waals surface area contributed by atoms with Crippen LogP contribution in [0.25, 0.3) is 0 Å². The Labute approximate surface area is 144 Å². The predicted molar refractivity (Wildman–Crippen MR) is 93.2 cm³/mol. The van der Waals surface area contributed by atoms with E-state index in [0.717, 1.165) is 57.9 Å². The first kappa shape index (κ1) is 18.0. The van der Waals surface area contributed by atoms with E-state index in [0.29, 0.717) is 6.61 Å². The average Bonchev–Trinajstić information content (AvgIpc) is 3.10. The van der Waals surface area contributed by atoms with Gasteiger partial charge in [0.2, 0.25) is 5.91 Å². The summed E-state index contributed by atoms with van der Waals surface area (Å²) < 4.78 is 5.73. The molecule has 2 aliphatic heterocycles. The zero-order valence-corrected chi connectivity index (χ0v) is 14.3. The van der Waals surface area contributed by atoms with Gasteiger partial charge in [0, 0.05) is 32.7 Å². The van der Waals surface area contributed by atoms with E-state index in [4.69, 9.17) is 4.74 Å². The molecular weight excluding hydrogens is 314 g/mol. The number of nitrogens with one attached hydrogen (secondary N) is 1. The maximum atomic E-state index is 12.3. The highest BCUT2D eigenvalue weighted by Crippen LogP contribution is 2.12. The number of amides is 1. The van der Waals surface area contributed by atoms with Gasteiger partial charge in [-0.15, -0.1) is 12.4 Å². The van der Waals surface area contributed by atoms with Crippen molar-refractivity contribution < 1.29 is 9.53 Å². The minimum atomic E-state index is 0. The number of benzene rings is 1. The van der Waals surface area contributed by atoms with E-state index in [-0.39, 0.29) is 24.4 Å². The van der Waals surface area contributed by atoms with Gasteiger partial charge in [-0.1, -0.05) is 18.2 Å². The number of carbonyl (C=O) groups excluding carboxylic acids is 1. The first-order valence-electron chi connectivity index (χ1n) is 8.25. The van der Waals surface area contributed by atoms with E-state index in [1.54, 1.807) is 0 Å². The Morgan fingerprint density at radius 3 is 2.57 bits per heavy atom. The molecule has 1 atom stereocenters. The minimum Gasteiger partial charge on any atom is -0.492 e. The Bertz CT molecular complexity index is 472. The Morgan fingerprint density at radius 2 is 1.91 bits per heavy atom. The summed E-state index contributed by atoms with van der Waals surface area (Å²) in [6, 6.07) is 9.97. The van der Waals surface area contributed by atoms with Gasteiger partial charge >= 0.3 is 0 Å². The monoisotopic (exact) mass is 339 g/mol. The number of hydrogen-bond acceptors (Lipinski definition) is 4. The molecule has 2 heterocycles. The second-order valence-electron chi connectivity index (χ2n) is 5.98. The lowest BCUT2D eigenvalue weighted by Crippen LogP contribution is -2.53. The highest BCUT2D eigenvalue weighted by Gasteiger charge is 2.28. The van der Waals surface area contributed by atoms with Gasteiger partial charge in [-0.2, -0.15) is 0 Å². The lowest BCUT2D eigenvalue weighted by molar-refractivity contribution is -0.134. The molecule has 0 saturated carbocycles. The molecule has 0 spiro atoms. The summed E-state index contributed by atoms with van der Waals surface area (Å²) in [4.78, 5) is 16.7. The number of rotatable bonds is 5. The standard InChI is InChI=1S/C17H25N3O2.ClH/c21-17(16-7-4-8-18-16)20-11-9-19(10-12-20)13-14-22-15-5-2-1-3-6-15;/h1-3,5-6,16,18H,4,7-14H2;1H. The summed E-state index contributed by atoms with van der Waals surface area (Å²) >= 11 is 0. The smallest absolute Gasteiger partial charge is 0.239 e. The summed E-state index contributed by atoms with van der Waals surface area (Å²) in [7, 11) is 0. The van der Waals surface area contributed by atoms with Crippen molar-refractivity contribution in [2.75, 3.05) is 45.9 Å².